The van der Waals surface area contributed by atoms with Gasteiger partial charge in [-0.2, -0.15) is 0 Å². The van der Waals surface area contributed by atoms with E-state index < -0.39 is 0 Å². The first-order chi connectivity index (χ1) is 6.72. The van der Waals surface area contributed by atoms with Gasteiger partial charge in [-0.1, -0.05) is 0 Å². The molecule has 4 heteroatoms. The van der Waals surface area contributed by atoms with E-state index in [9.17, 15) is 0 Å². The van der Waals surface area contributed by atoms with Crippen molar-refractivity contribution in [2.24, 2.45) is 0 Å². The fraction of sp³-hybridized carbons (Fsp3) is 0.200. The average Bonchev–Trinajstić information content (AvgIpc) is 2.53. The molecule has 0 amide bonds. The molecule has 14 heavy (non-hydrogen) atoms. The fourth-order valence-corrected chi connectivity index (χ4v) is 2.68. The van der Waals surface area contributed by atoms with Crippen LogP contribution >= 0.6 is 24.0 Å². The van der Waals surface area contributed by atoms with E-state index in [4.69, 9.17) is 10.5 Å². The Morgan fingerprint density at radius 1 is 1.50 bits per heavy atom. The van der Waals surface area contributed by atoms with E-state index in [2.05, 4.69) is 12.6 Å². The maximum atomic E-state index is 5.85. The number of fused-ring (bicyclic) bond motifs is 1. The molecule has 0 aliphatic heterocycles. The zero-order valence-electron chi connectivity index (χ0n) is 7.78. The van der Waals surface area contributed by atoms with Gasteiger partial charge in [0.05, 0.1) is 15.5 Å². The number of rotatable bonds is 2. The predicted molar refractivity (Wildman–Crippen MR) is 64.7 cm³/mol. The maximum Gasteiger partial charge on any atom is 0.137 e. The van der Waals surface area contributed by atoms with E-state index in [-0.39, 0.29) is 0 Å². The highest BCUT2D eigenvalue weighted by Crippen LogP contribution is 2.38. The summed E-state index contributed by atoms with van der Waals surface area (Å²) in [6, 6.07) is 5.75. The van der Waals surface area contributed by atoms with Crippen LogP contribution < -0.4 is 10.5 Å². The second-order valence-electron chi connectivity index (χ2n) is 2.91. The lowest BCUT2D eigenvalue weighted by atomic mass is 10.2. The highest BCUT2D eigenvalue weighted by Gasteiger charge is 2.08. The molecule has 0 aliphatic rings. The first kappa shape index (κ1) is 9.68. The second-order valence-corrected chi connectivity index (χ2v) is 4.75. The quantitative estimate of drug-likeness (QED) is 0.608. The molecular weight excluding hydrogens is 214 g/mol. The van der Waals surface area contributed by atoms with Crippen LogP contribution in [0.4, 0.5) is 5.69 Å². The minimum atomic E-state index is 0.665. The summed E-state index contributed by atoms with van der Waals surface area (Å²) >= 11 is 5.91. The van der Waals surface area contributed by atoms with Crippen LogP contribution in [0.3, 0.4) is 0 Å². The SMILES string of the molecule is CCOc1ccc(N)c2cc(S)sc12. The van der Waals surface area contributed by atoms with Gasteiger partial charge in [-0.05, 0) is 25.1 Å². The zero-order chi connectivity index (χ0) is 10.1. The van der Waals surface area contributed by atoms with Crippen LogP contribution in [0.15, 0.2) is 22.4 Å². The van der Waals surface area contributed by atoms with Crippen molar-refractivity contribution in [1.29, 1.82) is 0 Å². The third-order valence-electron chi connectivity index (χ3n) is 1.97. The summed E-state index contributed by atoms with van der Waals surface area (Å²) < 4.78 is 7.55. The largest absolute Gasteiger partial charge is 0.492 e. The Bertz CT molecular complexity index is 464. The van der Waals surface area contributed by atoms with E-state index in [1.165, 1.54) is 0 Å². The molecular formula is C10H11NOS2. The predicted octanol–water partition coefficient (Wildman–Crippen LogP) is 3.17. The summed E-state index contributed by atoms with van der Waals surface area (Å²) in [6.07, 6.45) is 0. The molecule has 0 saturated carbocycles. The number of ether oxygens (including phenoxy) is 1. The number of benzene rings is 1. The van der Waals surface area contributed by atoms with Gasteiger partial charge in [0.25, 0.3) is 0 Å². The molecule has 0 atom stereocenters. The summed E-state index contributed by atoms with van der Waals surface area (Å²) in [5, 5.41) is 1.03. The lowest BCUT2D eigenvalue weighted by Gasteiger charge is -2.04. The van der Waals surface area contributed by atoms with Crippen molar-refractivity contribution >= 4 is 39.7 Å². The minimum absolute atomic E-state index is 0.665. The maximum absolute atomic E-state index is 5.85. The van der Waals surface area contributed by atoms with Crippen LogP contribution in [0.25, 0.3) is 10.1 Å². The molecule has 1 aromatic carbocycles. The number of thiol groups is 1. The van der Waals surface area contributed by atoms with E-state index in [0.717, 1.165) is 25.7 Å². The molecule has 0 saturated heterocycles. The topological polar surface area (TPSA) is 35.2 Å². The van der Waals surface area contributed by atoms with Gasteiger partial charge in [0.15, 0.2) is 0 Å². The lowest BCUT2D eigenvalue weighted by Crippen LogP contribution is -1.92. The molecule has 0 fully saturated rings. The molecule has 0 unspecified atom stereocenters. The smallest absolute Gasteiger partial charge is 0.137 e. The normalized spacial score (nSPS) is 10.7. The fourth-order valence-electron chi connectivity index (χ4n) is 1.38. The summed E-state index contributed by atoms with van der Waals surface area (Å²) in [5.74, 6) is 0.891. The summed E-state index contributed by atoms with van der Waals surface area (Å²) in [5.41, 5.74) is 6.63. The number of nitrogens with two attached hydrogens (primary N) is 1. The van der Waals surface area contributed by atoms with Gasteiger partial charge in [0.2, 0.25) is 0 Å². The molecule has 1 aromatic heterocycles. The van der Waals surface area contributed by atoms with Gasteiger partial charge in [0, 0.05) is 11.1 Å². The third kappa shape index (κ3) is 1.55. The molecule has 74 valence electrons. The van der Waals surface area contributed by atoms with Crippen LogP contribution in [0, 0.1) is 0 Å². The monoisotopic (exact) mass is 225 g/mol. The van der Waals surface area contributed by atoms with Crippen molar-refractivity contribution in [2.45, 2.75) is 11.1 Å². The van der Waals surface area contributed by atoms with Crippen LogP contribution in [0.1, 0.15) is 6.92 Å². The van der Waals surface area contributed by atoms with Crippen molar-refractivity contribution < 1.29 is 4.74 Å². The average molecular weight is 225 g/mol. The number of hydrogen-bond acceptors (Lipinski definition) is 4. The Hall–Kier alpha value is -0.870. The Labute approximate surface area is 92.1 Å². The van der Waals surface area contributed by atoms with E-state index >= 15 is 0 Å². The molecule has 2 nitrogen and oxygen atoms in total. The van der Waals surface area contributed by atoms with Crippen molar-refractivity contribution in [3.8, 4) is 5.75 Å². The summed E-state index contributed by atoms with van der Waals surface area (Å²) in [6.45, 7) is 2.64. The molecule has 0 aliphatic carbocycles. The lowest BCUT2D eigenvalue weighted by molar-refractivity contribution is 0.345. The Morgan fingerprint density at radius 2 is 2.29 bits per heavy atom. The van der Waals surface area contributed by atoms with Gasteiger partial charge in [-0.25, -0.2) is 0 Å². The van der Waals surface area contributed by atoms with Crippen LogP contribution in [0.2, 0.25) is 0 Å². The highest BCUT2D eigenvalue weighted by atomic mass is 32.2. The number of thiophene rings is 1. The van der Waals surface area contributed by atoms with E-state index in [1.54, 1.807) is 11.3 Å². The molecule has 0 spiro atoms. The zero-order valence-corrected chi connectivity index (χ0v) is 9.49. The first-order valence-corrected chi connectivity index (χ1v) is 5.62. The van der Waals surface area contributed by atoms with Gasteiger partial charge >= 0.3 is 0 Å². The number of anilines is 1. The number of nitrogen functional groups attached to an aromatic ring is 1. The second kappa shape index (κ2) is 3.71. The molecule has 2 N–H and O–H groups in total. The van der Waals surface area contributed by atoms with Crippen molar-refractivity contribution in [2.75, 3.05) is 12.3 Å². The van der Waals surface area contributed by atoms with Crippen molar-refractivity contribution in [1.82, 2.24) is 0 Å². The Morgan fingerprint density at radius 3 is 3.00 bits per heavy atom. The van der Waals surface area contributed by atoms with Crippen molar-refractivity contribution in [3.63, 3.8) is 0 Å². The van der Waals surface area contributed by atoms with Gasteiger partial charge < -0.3 is 10.5 Å². The van der Waals surface area contributed by atoms with Crippen LogP contribution in [-0.4, -0.2) is 6.61 Å². The summed E-state index contributed by atoms with van der Waals surface area (Å²) in [7, 11) is 0. The molecule has 0 bridgehead atoms. The molecule has 2 rings (SSSR count). The number of hydrogen-bond donors (Lipinski definition) is 2. The van der Waals surface area contributed by atoms with Gasteiger partial charge in [0.1, 0.15) is 5.75 Å². The Kier molecular flexibility index (Phi) is 2.56. The van der Waals surface area contributed by atoms with E-state index in [0.29, 0.717) is 6.61 Å². The summed E-state index contributed by atoms with van der Waals surface area (Å²) in [4.78, 5) is 0. The van der Waals surface area contributed by atoms with Gasteiger partial charge in [-0.3, -0.25) is 0 Å². The molecule has 0 radical (unpaired) electrons. The third-order valence-corrected chi connectivity index (χ3v) is 3.32. The van der Waals surface area contributed by atoms with Crippen LogP contribution in [0.5, 0.6) is 5.75 Å². The molecule has 2 aromatic rings. The van der Waals surface area contributed by atoms with Crippen molar-refractivity contribution in [3.05, 3.63) is 18.2 Å². The highest BCUT2D eigenvalue weighted by molar-refractivity contribution is 7.83. The Balaban J connectivity index is 2.68. The van der Waals surface area contributed by atoms with Gasteiger partial charge in [-0.15, -0.1) is 24.0 Å². The minimum Gasteiger partial charge on any atom is -0.492 e. The first-order valence-electron chi connectivity index (χ1n) is 4.36. The van der Waals surface area contributed by atoms with E-state index in [1.807, 2.05) is 25.1 Å². The molecule has 1 heterocycles. The standard InChI is InChI=1S/C10H11NOS2/c1-2-12-8-4-3-7(11)6-5-9(13)14-10(6)8/h3-5,13H,2,11H2,1H3. The van der Waals surface area contributed by atoms with Crippen LogP contribution in [-0.2, 0) is 0 Å².